The van der Waals surface area contributed by atoms with E-state index >= 15 is 0 Å². The number of H-pyrrole nitrogens is 1. The number of likely N-dealkylation sites (N-methyl/N-ethyl adjacent to an activating group) is 1. The van der Waals surface area contributed by atoms with Gasteiger partial charge in [-0.3, -0.25) is 22.7 Å². The number of benzene rings is 1. The summed E-state index contributed by atoms with van der Waals surface area (Å²) in [6.45, 7) is 7.08. The summed E-state index contributed by atoms with van der Waals surface area (Å²) < 4.78 is 69.5. The highest BCUT2D eigenvalue weighted by Gasteiger charge is 2.29. The van der Waals surface area contributed by atoms with Gasteiger partial charge in [-0.15, -0.1) is 0 Å². The largest absolute Gasteiger partial charge is 0.759 e. The number of nitrogens with two attached hydrogens (primary N) is 2. The van der Waals surface area contributed by atoms with Crippen molar-refractivity contribution in [1.82, 2.24) is 29.0 Å². The Balaban J connectivity index is 0.000000446. The smallest absolute Gasteiger partial charge is 0.320 e. The van der Waals surface area contributed by atoms with Gasteiger partial charge >= 0.3 is 5.97 Å². The van der Waals surface area contributed by atoms with Crippen molar-refractivity contribution < 1.29 is 40.6 Å². The molecule has 20 heteroatoms. The standard InChI is InChI=1S/C22H30N6O4S.C6H14N2O2.H2O4S/c1-5-7-17-19-20(27(4)25-17)22(29)24-21(23-19)16-14-15(8-9-18(16)32-6-2)33(30,31)28-12-10-26(3)11-13-28;7-4-2-1-3-5(8)6(9)10;1-5(2,3)4/h8-9,14H,5-7,10-13H2,1-4H3,(H,23,24,29);5H,1-4,7-8H2,(H,9,10);(H2,1,2,3,4)/p-2/t;5-;/m.0./s1. The first-order valence-electron chi connectivity index (χ1n) is 15.2. The van der Waals surface area contributed by atoms with Crippen LogP contribution >= 0.6 is 0 Å². The number of aromatic nitrogens is 4. The minimum absolute atomic E-state index is 0.147. The first kappa shape index (κ1) is 40.7. The van der Waals surface area contributed by atoms with Gasteiger partial charge in [0.15, 0.2) is 5.52 Å². The fourth-order valence-electron chi connectivity index (χ4n) is 4.73. The number of sulfonamides is 1. The van der Waals surface area contributed by atoms with Crippen LogP contribution in [-0.4, -0.2) is 118 Å². The predicted octanol–water partition coefficient (Wildman–Crippen LogP) is -0.200. The molecule has 6 N–H and O–H groups in total. The van der Waals surface area contributed by atoms with Gasteiger partial charge in [-0.25, -0.2) is 13.4 Å². The van der Waals surface area contributed by atoms with Gasteiger partial charge < -0.3 is 40.3 Å². The maximum atomic E-state index is 13.3. The van der Waals surface area contributed by atoms with Gasteiger partial charge in [0.2, 0.25) is 10.0 Å². The number of nitrogens with one attached hydrogen (secondary N) is 1. The van der Waals surface area contributed by atoms with Crippen LogP contribution in [0.2, 0.25) is 0 Å². The van der Waals surface area contributed by atoms with Gasteiger partial charge in [-0.2, -0.15) is 9.40 Å². The van der Waals surface area contributed by atoms with Crippen molar-refractivity contribution in [3.8, 4) is 17.1 Å². The molecule has 270 valence electrons. The summed E-state index contributed by atoms with van der Waals surface area (Å²) in [5.74, 6) is -0.216. The minimum atomic E-state index is -5.17. The maximum Gasteiger partial charge on any atom is 0.320 e. The van der Waals surface area contributed by atoms with E-state index in [1.165, 1.54) is 8.99 Å². The van der Waals surface area contributed by atoms with Gasteiger partial charge in [0.1, 0.15) is 23.1 Å². The van der Waals surface area contributed by atoms with Crippen LogP contribution in [0.3, 0.4) is 0 Å². The van der Waals surface area contributed by atoms with E-state index in [1.54, 1.807) is 25.2 Å². The van der Waals surface area contributed by atoms with E-state index in [-0.39, 0.29) is 16.3 Å². The number of hydrogen-bond acceptors (Lipinski definition) is 14. The van der Waals surface area contributed by atoms with Crippen molar-refractivity contribution in [3.63, 3.8) is 0 Å². The number of fused-ring (bicyclic) bond motifs is 1. The molecule has 48 heavy (non-hydrogen) atoms. The molecule has 0 unspecified atom stereocenters. The topological polar surface area (TPSA) is 283 Å². The number of carboxylic acids is 1. The number of nitrogens with zero attached hydrogens (tertiary/aromatic N) is 5. The summed E-state index contributed by atoms with van der Waals surface area (Å²) in [6, 6.07) is 4.00. The second-order valence-corrected chi connectivity index (χ2v) is 13.6. The number of aromatic amines is 1. The number of aryl methyl sites for hydroxylation is 2. The molecule has 1 atom stereocenters. The molecule has 2 aromatic heterocycles. The molecule has 1 aromatic carbocycles. The van der Waals surface area contributed by atoms with Gasteiger partial charge in [0.25, 0.3) is 5.56 Å². The number of hydrogen-bond donors (Lipinski definition) is 4. The highest BCUT2D eigenvalue weighted by Crippen LogP contribution is 2.32. The monoisotopic (exact) mass is 716 g/mol. The van der Waals surface area contributed by atoms with Crippen molar-refractivity contribution in [2.75, 3.05) is 46.4 Å². The van der Waals surface area contributed by atoms with Crippen LogP contribution in [-0.2, 0) is 38.7 Å². The Bertz CT molecular complexity index is 1780. The average Bonchev–Trinajstić information content (AvgIpc) is 3.32. The van der Waals surface area contributed by atoms with Crippen molar-refractivity contribution in [2.24, 2.45) is 18.5 Å². The third-order valence-corrected chi connectivity index (χ3v) is 9.04. The third-order valence-electron chi connectivity index (χ3n) is 7.14. The zero-order valence-corrected chi connectivity index (χ0v) is 29.0. The van der Waals surface area contributed by atoms with E-state index < -0.39 is 32.4 Å². The Morgan fingerprint density at radius 1 is 1.10 bits per heavy atom. The summed E-state index contributed by atoms with van der Waals surface area (Å²) in [4.78, 5) is 32.8. The van der Waals surface area contributed by atoms with Crippen LogP contribution in [0.25, 0.3) is 22.4 Å². The Kier molecular flexibility index (Phi) is 15.5. The lowest BCUT2D eigenvalue weighted by atomic mass is 10.1. The highest BCUT2D eigenvalue weighted by molar-refractivity contribution is 7.89. The summed E-state index contributed by atoms with van der Waals surface area (Å²) >= 11 is 0. The molecule has 3 aromatic rings. The number of ether oxygens (including phenoxy) is 1. The van der Waals surface area contributed by atoms with E-state index in [0.717, 1.165) is 25.0 Å². The van der Waals surface area contributed by atoms with Crippen molar-refractivity contribution >= 4 is 37.4 Å². The minimum Gasteiger partial charge on any atom is -0.759 e. The molecule has 0 bridgehead atoms. The molecule has 0 radical (unpaired) electrons. The number of piperazine rings is 1. The lowest BCUT2D eigenvalue weighted by Gasteiger charge is -2.31. The van der Waals surface area contributed by atoms with Crippen molar-refractivity contribution in [3.05, 3.63) is 34.2 Å². The van der Waals surface area contributed by atoms with Gasteiger partial charge in [0, 0.05) is 43.6 Å². The van der Waals surface area contributed by atoms with E-state index in [0.29, 0.717) is 74.5 Å². The van der Waals surface area contributed by atoms with Gasteiger partial charge in [-0.05, 0) is 58.0 Å². The van der Waals surface area contributed by atoms with E-state index in [1.807, 2.05) is 20.9 Å². The molecule has 0 spiro atoms. The van der Waals surface area contributed by atoms with E-state index in [9.17, 15) is 18.0 Å². The molecule has 1 saturated heterocycles. The molecule has 1 fully saturated rings. The molecule has 1 aliphatic rings. The maximum absolute atomic E-state index is 13.3. The van der Waals surface area contributed by atoms with E-state index in [4.69, 9.17) is 43.8 Å². The van der Waals surface area contributed by atoms with Gasteiger partial charge in [-0.1, -0.05) is 19.8 Å². The second-order valence-electron chi connectivity index (χ2n) is 10.9. The molecular weight excluding hydrogens is 672 g/mol. The van der Waals surface area contributed by atoms with Crippen LogP contribution in [0.5, 0.6) is 5.75 Å². The fraction of sp³-hybridized carbons (Fsp3) is 0.571. The lowest BCUT2D eigenvalue weighted by molar-refractivity contribution is -0.138. The summed E-state index contributed by atoms with van der Waals surface area (Å²) in [7, 11) is -5.17. The molecule has 0 amide bonds. The first-order valence-corrected chi connectivity index (χ1v) is 18.0. The first-order chi connectivity index (χ1) is 22.4. The number of carbonyl (C=O) groups is 1. The molecular formula is C28H44N8O10S2-2. The molecule has 4 rings (SSSR count). The van der Waals surface area contributed by atoms with Crippen LogP contribution < -0.4 is 21.8 Å². The molecule has 18 nitrogen and oxygen atoms in total. The van der Waals surface area contributed by atoms with Crippen LogP contribution in [0.15, 0.2) is 27.9 Å². The van der Waals surface area contributed by atoms with Crippen LogP contribution in [0.1, 0.15) is 45.2 Å². The Morgan fingerprint density at radius 3 is 2.27 bits per heavy atom. The molecule has 3 heterocycles. The SMILES string of the molecule is CCCc1nn(C)c2c(=O)[nH]c(-c3cc(S(=O)(=O)N4CCN(C)CC4)ccc3OCC)nc12.NCCCC[C@H](N)C(=O)O.O=S(=O)([O-])[O-]. The Morgan fingerprint density at radius 2 is 1.73 bits per heavy atom. The van der Waals surface area contributed by atoms with Crippen molar-refractivity contribution in [1.29, 1.82) is 0 Å². The number of unbranched alkanes of at least 4 members (excludes halogenated alkanes) is 1. The summed E-state index contributed by atoms with van der Waals surface area (Å²) in [5.41, 5.74) is 12.2. The second kappa shape index (κ2) is 18.3. The zero-order valence-electron chi connectivity index (χ0n) is 27.4. The van der Waals surface area contributed by atoms with E-state index in [2.05, 4.69) is 15.0 Å². The lowest BCUT2D eigenvalue weighted by Crippen LogP contribution is -2.47. The predicted molar refractivity (Wildman–Crippen MR) is 175 cm³/mol. The average molecular weight is 717 g/mol. The normalized spacial score (nSPS) is 14.8. The molecule has 0 saturated carbocycles. The number of aliphatic carboxylic acids is 1. The highest BCUT2D eigenvalue weighted by atomic mass is 32.3. The Hall–Kier alpha value is -3.50. The third kappa shape index (κ3) is 11.9. The van der Waals surface area contributed by atoms with Crippen LogP contribution in [0, 0.1) is 0 Å². The molecule has 1 aliphatic heterocycles. The van der Waals surface area contributed by atoms with Crippen LogP contribution in [0.4, 0.5) is 0 Å². The summed E-state index contributed by atoms with van der Waals surface area (Å²) in [5, 5.41) is 12.8. The number of rotatable bonds is 12. The quantitative estimate of drug-likeness (QED) is 0.107. The Labute approximate surface area is 279 Å². The number of carboxylic acid groups (broad SMARTS) is 1. The summed E-state index contributed by atoms with van der Waals surface area (Å²) in [6.07, 6.45) is 3.71. The van der Waals surface area contributed by atoms with Crippen molar-refractivity contribution in [2.45, 2.75) is 56.9 Å². The van der Waals surface area contributed by atoms with Gasteiger partial charge in [0.05, 0.1) is 22.8 Å². The molecule has 0 aliphatic carbocycles. The zero-order chi connectivity index (χ0) is 36.2. The fourth-order valence-corrected chi connectivity index (χ4v) is 6.17.